The third-order valence-corrected chi connectivity index (χ3v) is 4.42. The standard InChI is InChI=1S/C17H27N3O/c1-13-5-3-6-14(2)20(13)10-9-17(21)19-16-8-4-7-15(11-16)12-18/h4,7-8,11,13-14H,3,5-6,9-10,12,18H2,1-2H3,(H,19,21). The predicted octanol–water partition coefficient (Wildman–Crippen LogP) is 2.74. The fourth-order valence-corrected chi connectivity index (χ4v) is 3.15. The molecule has 1 amide bonds. The van der Waals surface area contributed by atoms with Crippen molar-refractivity contribution in [1.29, 1.82) is 0 Å². The zero-order valence-electron chi connectivity index (χ0n) is 13.1. The molecule has 2 atom stereocenters. The average Bonchev–Trinajstić information content (AvgIpc) is 2.47. The maximum Gasteiger partial charge on any atom is 0.225 e. The van der Waals surface area contributed by atoms with Crippen molar-refractivity contribution in [2.45, 2.75) is 58.2 Å². The fourth-order valence-electron chi connectivity index (χ4n) is 3.15. The Balaban J connectivity index is 1.84. The second-order valence-corrected chi connectivity index (χ2v) is 6.07. The van der Waals surface area contributed by atoms with Crippen LogP contribution in [0.2, 0.25) is 0 Å². The summed E-state index contributed by atoms with van der Waals surface area (Å²) in [7, 11) is 0. The summed E-state index contributed by atoms with van der Waals surface area (Å²) < 4.78 is 0. The molecule has 1 fully saturated rings. The van der Waals surface area contributed by atoms with Crippen LogP contribution in [0.15, 0.2) is 24.3 Å². The molecular weight excluding hydrogens is 262 g/mol. The van der Waals surface area contributed by atoms with Gasteiger partial charge in [-0.3, -0.25) is 9.69 Å². The van der Waals surface area contributed by atoms with Gasteiger partial charge in [0.05, 0.1) is 0 Å². The summed E-state index contributed by atoms with van der Waals surface area (Å²) in [5.41, 5.74) is 7.49. The van der Waals surface area contributed by atoms with Crippen molar-refractivity contribution >= 4 is 11.6 Å². The van der Waals surface area contributed by atoms with Crippen LogP contribution >= 0.6 is 0 Å². The van der Waals surface area contributed by atoms with Crippen LogP contribution in [0, 0.1) is 0 Å². The maximum absolute atomic E-state index is 12.1. The summed E-state index contributed by atoms with van der Waals surface area (Å²) >= 11 is 0. The van der Waals surface area contributed by atoms with Crippen LogP contribution in [0.5, 0.6) is 0 Å². The molecule has 3 N–H and O–H groups in total. The number of rotatable bonds is 5. The monoisotopic (exact) mass is 289 g/mol. The van der Waals surface area contributed by atoms with Crippen molar-refractivity contribution < 1.29 is 4.79 Å². The molecule has 0 spiro atoms. The average molecular weight is 289 g/mol. The van der Waals surface area contributed by atoms with Gasteiger partial charge in [0.1, 0.15) is 0 Å². The highest BCUT2D eigenvalue weighted by atomic mass is 16.1. The summed E-state index contributed by atoms with van der Waals surface area (Å²) in [4.78, 5) is 14.6. The number of amides is 1. The lowest BCUT2D eigenvalue weighted by Crippen LogP contribution is -2.44. The van der Waals surface area contributed by atoms with E-state index in [-0.39, 0.29) is 5.91 Å². The van der Waals surface area contributed by atoms with E-state index < -0.39 is 0 Å². The Bertz CT molecular complexity index is 465. The van der Waals surface area contributed by atoms with E-state index in [4.69, 9.17) is 5.73 Å². The zero-order valence-corrected chi connectivity index (χ0v) is 13.1. The third-order valence-electron chi connectivity index (χ3n) is 4.42. The topological polar surface area (TPSA) is 58.4 Å². The SMILES string of the molecule is CC1CCCC(C)N1CCC(=O)Nc1cccc(CN)c1. The van der Waals surface area contributed by atoms with Crippen molar-refractivity contribution in [3.05, 3.63) is 29.8 Å². The Hall–Kier alpha value is -1.39. The lowest BCUT2D eigenvalue weighted by Gasteiger charge is -2.38. The van der Waals surface area contributed by atoms with Gasteiger partial charge in [-0.2, -0.15) is 0 Å². The van der Waals surface area contributed by atoms with E-state index in [1.54, 1.807) is 0 Å². The van der Waals surface area contributed by atoms with Crippen LogP contribution in [-0.2, 0) is 11.3 Å². The van der Waals surface area contributed by atoms with E-state index in [2.05, 4.69) is 24.1 Å². The molecule has 21 heavy (non-hydrogen) atoms. The zero-order chi connectivity index (χ0) is 15.2. The van der Waals surface area contributed by atoms with Crippen molar-refractivity contribution in [3.8, 4) is 0 Å². The second-order valence-electron chi connectivity index (χ2n) is 6.07. The summed E-state index contributed by atoms with van der Waals surface area (Å²) in [6.45, 7) is 5.85. The van der Waals surface area contributed by atoms with E-state index in [0.717, 1.165) is 17.8 Å². The highest BCUT2D eigenvalue weighted by Crippen LogP contribution is 2.22. The lowest BCUT2D eigenvalue weighted by molar-refractivity contribution is -0.116. The lowest BCUT2D eigenvalue weighted by atomic mass is 9.97. The molecule has 4 heteroatoms. The molecule has 2 rings (SSSR count). The van der Waals surface area contributed by atoms with Crippen LogP contribution in [-0.4, -0.2) is 29.4 Å². The van der Waals surface area contributed by atoms with Crippen LogP contribution in [0.4, 0.5) is 5.69 Å². The fraction of sp³-hybridized carbons (Fsp3) is 0.588. The van der Waals surface area contributed by atoms with Crippen molar-refractivity contribution in [1.82, 2.24) is 4.90 Å². The first-order chi connectivity index (χ1) is 10.1. The molecule has 1 aliphatic heterocycles. The minimum absolute atomic E-state index is 0.0779. The molecule has 116 valence electrons. The van der Waals surface area contributed by atoms with Gasteiger partial charge in [0, 0.05) is 37.3 Å². The minimum Gasteiger partial charge on any atom is -0.326 e. The molecule has 0 aliphatic carbocycles. The number of benzene rings is 1. The summed E-state index contributed by atoms with van der Waals surface area (Å²) in [5.74, 6) is 0.0779. The number of likely N-dealkylation sites (tertiary alicyclic amines) is 1. The van der Waals surface area contributed by atoms with Crippen LogP contribution in [0.3, 0.4) is 0 Å². The highest BCUT2D eigenvalue weighted by molar-refractivity contribution is 5.90. The van der Waals surface area contributed by atoms with Crippen LogP contribution < -0.4 is 11.1 Å². The number of nitrogens with one attached hydrogen (secondary N) is 1. The molecular formula is C17H27N3O. The molecule has 1 aliphatic rings. The van der Waals surface area contributed by atoms with E-state index in [1.165, 1.54) is 19.3 Å². The molecule has 0 radical (unpaired) electrons. The number of carbonyl (C=O) groups excluding carboxylic acids is 1. The number of anilines is 1. The van der Waals surface area contributed by atoms with Gasteiger partial charge in [0.15, 0.2) is 0 Å². The Labute approximate surface area is 127 Å². The maximum atomic E-state index is 12.1. The van der Waals surface area contributed by atoms with E-state index in [9.17, 15) is 4.79 Å². The number of hydrogen-bond donors (Lipinski definition) is 2. The number of hydrogen-bond acceptors (Lipinski definition) is 3. The number of carbonyl (C=O) groups is 1. The first-order valence-corrected chi connectivity index (χ1v) is 7.94. The largest absolute Gasteiger partial charge is 0.326 e. The Kier molecular flexibility index (Phi) is 5.76. The van der Waals surface area contributed by atoms with Gasteiger partial charge < -0.3 is 11.1 Å². The molecule has 1 saturated heterocycles. The minimum atomic E-state index is 0.0779. The van der Waals surface area contributed by atoms with Crippen molar-refractivity contribution in [3.63, 3.8) is 0 Å². The van der Waals surface area contributed by atoms with Crippen molar-refractivity contribution in [2.75, 3.05) is 11.9 Å². The van der Waals surface area contributed by atoms with Crippen LogP contribution in [0.1, 0.15) is 45.1 Å². The molecule has 1 heterocycles. The van der Waals surface area contributed by atoms with Crippen LogP contribution in [0.25, 0.3) is 0 Å². The van der Waals surface area contributed by atoms with E-state index in [0.29, 0.717) is 25.0 Å². The molecule has 0 aromatic heterocycles. The van der Waals surface area contributed by atoms with Gasteiger partial charge in [-0.05, 0) is 44.4 Å². The summed E-state index contributed by atoms with van der Waals surface area (Å²) in [6.07, 6.45) is 4.33. The Morgan fingerprint density at radius 2 is 2.05 bits per heavy atom. The van der Waals surface area contributed by atoms with E-state index in [1.807, 2.05) is 24.3 Å². The second kappa shape index (κ2) is 7.57. The van der Waals surface area contributed by atoms with Gasteiger partial charge >= 0.3 is 0 Å². The summed E-state index contributed by atoms with van der Waals surface area (Å²) in [5, 5.41) is 2.96. The highest BCUT2D eigenvalue weighted by Gasteiger charge is 2.24. The first-order valence-electron chi connectivity index (χ1n) is 7.94. The van der Waals surface area contributed by atoms with Gasteiger partial charge in [-0.1, -0.05) is 18.6 Å². The molecule has 4 nitrogen and oxygen atoms in total. The van der Waals surface area contributed by atoms with E-state index >= 15 is 0 Å². The van der Waals surface area contributed by atoms with Gasteiger partial charge in [0.2, 0.25) is 5.91 Å². The number of nitrogens with two attached hydrogens (primary N) is 1. The molecule has 1 aromatic carbocycles. The molecule has 1 aromatic rings. The number of nitrogens with zero attached hydrogens (tertiary/aromatic N) is 1. The number of piperidine rings is 1. The quantitative estimate of drug-likeness (QED) is 0.876. The third kappa shape index (κ3) is 4.55. The van der Waals surface area contributed by atoms with Gasteiger partial charge in [-0.25, -0.2) is 0 Å². The smallest absolute Gasteiger partial charge is 0.225 e. The van der Waals surface area contributed by atoms with Gasteiger partial charge in [0.25, 0.3) is 0 Å². The molecule has 0 bridgehead atoms. The molecule has 2 unspecified atom stereocenters. The normalized spacial score (nSPS) is 23.0. The molecule has 0 saturated carbocycles. The Morgan fingerprint density at radius 1 is 1.33 bits per heavy atom. The van der Waals surface area contributed by atoms with Crippen molar-refractivity contribution in [2.24, 2.45) is 5.73 Å². The Morgan fingerprint density at radius 3 is 2.71 bits per heavy atom. The predicted molar refractivity (Wildman–Crippen MR) is 87.1 cm³/mol. The van der Waals surface area contributed by atoms with Gasteiger partial charge in [-0.15, -0.1) is 0 Å². The summed E-state index contributed by atoms with van der Waals surface area (Å²) in [6, 6.07) is 8.90. The first kappa shape index (κ1) is 16.0.